The summed E-state index contributed by atoms with van der Waals surface area (Å²) in [7, 11) is 1.25. The fraction of sp³-hybridized carbons (Fsp3) is 0.385. The molecule has 10 nitrogen and oxygen atoms in total. The number of carbonyl (C=O) groups excluding carboxylic acids is 2. The number of methoxy groups -OCH3 is 1. The molecule has 1 aromatic carbocycles. The lowest BCUT2D eigenvalue weighted by Crippen LogP contribution is -2.18. The zero-order valence-corrected chi connectivity index (χ0v) is 20.8. The first-order chi connectivity index (χ1) is 17.1. The van der Waals surface area contributed by atoms with Crippen LogP contribution in [0.5, 0.6) is 17.2 Å². The third-order valence-electron chi connectivity index (χ3n) is 6.52. The number of esters is 1. The topological polar surface area (TPSA) is 144 Å². The Morgan fingerprint density at radius 2 is 1.94 bits per heavy atom. The molecule has 3 aromatic rings. The van der Waals surface area contributed by atoms with Crippen molar-refractivity contribution in [3.05, 3.63) is 63.7 Å². The zero-order valence-electron chi connectivity index (χ0n) is 20.8. The van der Waals surface area contributed by atoms with Crippen LogP contribution in [0.4, 0.5) is 0 Å². The zero-order chi connectivity index (χ0) is 26.3. The van der Waals surface area contributed by atoms with E-state index >= 15 is 0 Å². The molecule has 10 heteroatoms. The van der Waals surface area contributed by atoms with Crippen LogP contribution < -0.4 is 0 Å². The molecule has 1 aliphatic heterocycles. The van der Waals surface area contributed by atoms with Crippen molar-refractivity contribution >= 4 is 11.8 Å². The number of aryl methyl sites for hydroxylation is 1. The molecule has 2 atom stereocenters. The Balaban J connectivity index is 2.00. The number of Topliss-reactive ketones (excluding diaryl/α,β-unsaturated/α-hetero) is 1. The minimum absolute atomic E-state index is 0.0205. The maximum Gasteiger partial charge on any atom is 0.306 e. The van der Waals surface area contributed by atoms with E-state index in [4.69, 9.17) is 9.47 Å². The van der Waals surface area contributed by atoms with Crippen LogP contribution in [-0.2, 0) is 20.9 Å². The van der Waals surface area contributed by atoms with Crippen LogP contribution in [0, 0.1) is 6.92 Å². The van der Waals surface area contributed by atoms with E-state index in [9.17, 15) is 24.9 Å². The van der Waals surface area contributed by atoms with Gasteiger partial charge < -0.3 is 24.8 Å². The van der Waals surface area contributed by atoms with Gasteiger partial charge in [-0.15, -0.1) is 0 Å². The minimum Gasteiger partial charge on any atom is -0.507 e. The number of hydrogen-bond acceptors (Lipinski definition) is 9. The number of hydrogen-bond donors (Lipinski definition) is 3. The number of carbonyl (C=O) groups is 2. The Bertz CT molecular complexity index is 1350. The lowest BCUT2D eigenvalue weighted by atomic mass is 9.84. The second-order valence-electron chi connectivity index (χ2n) is 9.13. The summed E-state index contributed by atoms with van der Waals surface area (Å²) in [5, 5.41) is 37.9. The Kier molecular flexibility index (Phi) is 6.73. The first kappa shape index (κ1) is 25.2. The SMILES string of the molecule is COC(=O)C[C@@H](c1c(O)c(C(C)=O)cc([C@H]2OCc3cnc(C)c(O)c32)c1O)c1ccnn1C(C)C. The molecule has 3 N–H and O–H groups in total. The van der Waals surface area contributed by atoms with E-state index in [0.29, 0.717) is 22.5 Å². The number of phenolic OH excluding ortho intramolecular Hbond substituents is 2. The third-order valence-corrected chi connectivity index (χ3v) is 6.52. The molecule has 2 aromatic heterocycles. The maximum atomic E-state index is 12.6. The normalized spacial score (nSPS) is 15.7. The van der Waals surface area contributed by atoms with Crippen LogP contribution in [-0.4, -0.2) is 48.9 Å². The molecule has 0 saturated heterocycles. The number of benzene rings is 1. The van der Waals surface area contributed by atoms with Crippen molar-refractivity contribution in [2.45, 2.75) is 58.8 Å². The molecule has 0 spiro atoms. The number of pyridine rings is 1. The highest BCUT2D eigenvalue weighted by Crippen LogP contribution is 2.50. The van der Waals surface area contributed by atoms with Gasteiger partial charge in [-0.3, -0.25) is 19.3 Å². The summed E-state index contributed by atoms with van der Waals surface area (Å²) in [6.07, 6.45) is 2.00. The smallest absolute Gasteiger partial charge is 0.306 e. The Labute approximate surface area is 208 Å². The van der Waals surface area contributed by atoms with Crippen LogP contribution in [0.3, 0.4) is 0 Å². The number of aromatic hydroxyl groups is 3. The van der Waals surface area contributed by atoms with E-state index < -0.39 is 29.5 Å². The molecule has 0 radical (unpaired) electrons. The number of phenols is 2. The van der Waals surface area contributed by atoms with Crippen molar-refractivity contribution in [3.8, 4) is 17.2 Å². The van der Waals surface area contributed by atoms with Gasteiger partial charge in [0, 0.05) is 52.3 Å². The summed E-state index contributed by atoms with van der Waals surface area (Å²) in [5.41, 5.74) is 2.12. The van der Waals surface area contributed by atoms with Crippen LogP contribution in [0.25, 0.3) is 0 Å². The van der Waals surface area contributed by atoms with E-state index in [0.717, 1.165) is 0 Å². The summed E-state index contributed by atoms with van der Waals surface area (Å²) in [4.78, 5) is 29.2. The molecule has 36 heavy (non-hydrogen) atoms. The largest absolute Gasteiger partial charge is 0.507 e. The number of rotatable bonds is 7. The molecule has 0 unspecified atom stereocenters. The summed E-state index contributed by atoms with van der Waals surface area (Å²) < 4.78 is 12.5. The summed E-state index contributed by atoms with van der Waals surface area (Å²) in [6.45, 7) is 6.89. The van der Waals surface area contributed by atoms with Gasteiger partial charge in [0.25, 0.3) is 0 Å². The van der Waals surface area contributed by atoms with Crippen LogP contribution in [0.2, 0.25) is 0 Å². The predicted molar refractivity (Wildman–Crippen MR) is 128 cm³/mol. The van der Waals surface area contributed by atoms with Gasteiger partial charge in [0.2, 0.25) is 0 Å². The molecule has 3 heterocycles. The maximum absolute atomic E-state index is 12.6. The highest BCUT2D eigenvalue weighted by atomic mass is 16.5. The third kappa shape index (κ3) is 4.17. The van der Waals surface area contributed by atoms with E-state index in [2.05, 4.69) is 10.1 Å². The predicted octanol–water partition coefficient (Wildman–Crippen LogP) is 3.80. The molecule has 0 fully saturated rings. The molecule has 1 aliphatic rings. The second-order valence-corrected chi connectivity index (χ2v) is 9.13. The highest BCUT2D eigenvalue weighted by molar-refractivity contribution is 5.98. The van der Waals surface area contributed by atoms with Crippen molar-refractivity contribution in [1.82, 2.24) is 14.8 Å². The molecule has 0 bridgehead atoms. The number of ether oxygens (including phenoxy) is 2. The molecule has 0 amide bonds. The van der Waals surface area contributed by atoms with Crippen LogP contribution >= 0.6 is 0 Å². The van der Waals surface area contributed by atoms with Gasteiger partial charge in [-0.05, 0) is 39.8 Å². The molecule has 4 rings (SSSR count). The molecular weight excluding hydrogens is 466 g/mol. The number of fused-ring (bicyclic) bond motifs is 1. The van der Waals surface area contributed by atoms with E-state index in [-0.39, 0.29) is 47.3 Å². The molecule has 0 saturated carbocycles. The first-order valence-electron chi connectivity index (χ1n) is 11.6. The first-order valence-corrected chi connectivity index (χ1v) is 11.6. The number of ketones is 1. The fourth-order valence-corrected chi connectivity index (χ4v) is 4.70. The number of aromatic nitrogens is 3. The van der Waals surface area contributed by atoms with Gasteiger partial charge in [0.1, 0.15) is 23.4 Å². The van der Waals surface area contributed by atoms with Gasteiger partial charge in [0.15, 0.2) is 5.78 Å². The standard InChI is InChI=1S/C26H29N3O7/c1-12(2)29-19(6-7-28-29)17(9-20(31)35-5)22-24(33)16(14(4)30)8-18(25(22)34)26-21-15(11-36-26)10-27-13(3)23(21)32/h6-8,10,12,17,26,32-34H,9,11H2,1-5H3/t17-,26-/m1/s1. The average molecular weight is 496 g/mol. The highest BCUT2D eigenvalue weighted by Gasteiger charge is 2.37. The quantitative estimate of drug-likeness (QED) is 0.329. The fourth-order valence-electron chi connectivity index (χ4n) is 4.70. The van der Waals surface area contributed by atoms with Crippen LogP contribution in [0.1, 0.15) is 89.3 Å². The summed E-state index contributed by atoms with van der Waals surface area (Å²) in [5.74, 6) is -2.78. The van der Waals surface area contributed by atoms with E-state index in [1.165, 1.54) is 20.1 Å². The summed E-state index contributed by atoms with van der Waals surface area (Å²) in [6, 6.07) is 2.96. The second kappa shape index (κ2) is 9.62. The number of nitrogens with zero attached hydrogens (tertiary/aromatic N) is 3. The van der Waals surface area contributed by atoms with E-state index in [1.54, 1.807) is 30.1 Å². The Morgan fingerprint density at radius 1 is 1.22 bits per heavy atom. The van der Waals surface area contributed by atoms with Gasteiger partial charge in [-0.2, -0.15) is 5.10 Å². The summed E-state index contributed by atoms with van der Waals surface area (Å²) >= 11 is 0. The van der Waals surface area contributed by atoms with Crippen molar-refractivity contribution in [3.63, 3.8) is 0 Å². The van der Waals surface area contributed by atoms with Gasteiger partial charge in [-0.1, -0.05) is 0 Å². The molecule has 0 aliphatic carbocycles. The van der Waals surface area contributed by atoms with E-state index in [1.807, 2.05) is 13.8 Å². The molecule has 190 valence electrons. The minimum atomic E-state index is -0.923. The average Bonchev–Trinajstić information content (AvgIpc) is 3.48. The van der Waals surface area contributed by atoms with Crippen molar-refractivity contribution in [2.24, 2.45) is 0 Å². The van der Waals surface area contributed by atoms with Gasteiger partial charge >= 0.3 is 5.97 Å². The van der Waals surface area contributed by atoms with Crippen molar-refractivity contribution in [2.75, 3.05) is 7.11 Å². The molecular formula is C26H29N3O7. The Hall–Kier alpha value is -3.92. The van der Waals surface area contributed by atoms with Crippen LogP contribution in [0.15, 0.2) is 24.5 Å². The lowest BCUT2D eigenvalue weighted by molar-refractivity contribution is -0.140. The monoisotopic (exact) mass is 495 g/mol. The van der Waals surface area contributed by atoms with Gasteiger partial charge in [0.05, 0.1) is 31.4 Å². The van der Waals surface area contributed by atoms with Crippen molar-refractivity contribution < 1.29 is 34.4 Å². The lowest BCUT2D eigenvalue weighted by Gasteiger charge is -2.25. The van der Waals surface area contributed by atoms with Crippen molar-refractivity contribution in [1.29, 1.82) is 0 Å². The Morgan fingerprint density at radius 3 is 2.58 bits per heavy atom. The van der Waals surface area contributed by atoms with Gasteiger partial charge in [-0.25, -0.2) is 0 Å².